The standard InChI is InChI=1S/C7H7NO2.C4H6N4O3.Al.ClH.H2O/c8-6-3-1-5(2-4-6)7(9)10;5-3(10)6-1-2(9)8-4(11)7-1;;;/h1-4H,8H2,(H,9,10);1H,(H3,5,6,10)(H2,7,8,9,11);;1H;1H2/q;;+2;;/p-2. The van der Waals surface area contributed by atoms with Crippen LogP contribution in [0.3, 0.4) is 0 Å². The molecule has 1 fully saturated rings. The number of imide groups is 1. The molecular formula is C11H14AlClN5O6. The molecule has 1 saturated heterocycles. The molecule has 1 heterocycles. The Hall–Kier alpha value is -2.52. The van der Waals surface area contributed by atoms with E-state index in [9.17, 15) is 24.3 Å². The van der Waals surface area contributed by atoms with Crippen LogP contribution in [0.5, 0.6) is 0 Å². The number of carbonyl (C=O) groups excluding carboxylic acids is 4. The molecule has 1 unspecified atom stereocenters. The molecule has 1 aliphatic rings. The summed E-state index contributed by atoms with van der Waals surface area (Å²) in [7, 11) is 4.56. The number of benzene rings is 1. The minimum absolute atomic E-state index is 0. The molecule has 5 amide bonds. The van der Waals surface area contributed by atoms with Gasteiger partial charge in [0.05, 0.1) is 5.97 Å². The van der Waals surface area contributed by atoms with Gasteiger partial charge in [-0.1, -0.05) is 12.1 Å². The second-order valence-corrected chi connectivity index (χ2v) is 3.81. The van der Waals surface area contributed by atoms with Crippen LogP contribution in [-0.2, 0) is 4.79 Å². The summed E-state index contributed by atoms with van der Waals surface area (Å²) in [6, 6.07) is 4.34. The molecule has 24 heavy (non-hydrogen) atoms. The van der Waals surface area contributed by atoms with Crippen molar-refractivity contribution in [1.82, 2.24) is 16.0 Å². The number of nitrogen functional groups attached to an aromatic ring is 1. The van der Waals surface area contributed by atoms with E-state index in [4.69, 9.17) is 11.5 Å². The van der Waals surface area contributed by atoms with Gasteiger partial charge in [0.15, 0.2) is 6.17 Å². The quantitative estimate of drug-likeness (QED) is 0.206. The average Bonchev–Trinajstić information content (AvgIpc) is 2.79. The monoisotopic (exact) mass is 374 g/mol. The van der Waals surface area contributed by atoms with Crippen molar-refractivity contribution in [3.63, 3.8) is 0 Å². The van der Waals surface area contributed by atoms with E-state index in [-0.39, 0.29) is 11.0 Å². The van der Waals surface area contributed by atoms with Crippen molar-refractivity contribution in [1.29, 1.82) is 0 Å². The van der Waals surface area contributed by atoms with Crippen LogP contribution in [0.2, 0.25) is 0 Å². The molecule has 0 spiro atoms. The van der Waals surface area contributed by atoms with E-state index >= 15 is 0 Å². The zero-order chi connectivity index (χ0) is 18.0. The number of carboxylic acid groups (broad SMARTS) is 1. The summed E-state index contributed by atoms with van der Waals surface area (Å²) in [5.41, 5.74) is 10.7. The molecule has 0 aromatic heterocycles. The number of anilines is 1. The van der Waals surface area contributed by atoms with Gasteiger partial charge in [-0.3, -0.25) is 10.1 Å². The Balaban J connectivity index is 0. The Bertz CT molecular complexity index is 585. The fourth-order valence-electron chi connectivity index (χ4n) is 1.28. The van der Waals surface area contributed by atoms with Crippen molar-refractivity contribution in [3.05, 3.63) is 29.8 Å². The van der Waals surface area contributed by atoms with Gasteiger partial charge in [0.25, 0.3) is 5.91 Å². The molecule has 1 aromatic rings. The summed E-state index contributed by atoms with van der Waals surface area (Å²) in [5, 5.41) is 16.2. The van der Waals surface area contributed by atoms with E-state index in [0.717, 1.165) is 0 Å². The molecule has 0 saturated carbocycles. The normalized spacial score (nSPS) is 14.2. The fourth-order valence-corrected chi connectivity index (χ4v) is 1.28. The number of hydrogen-bond acceptors (Lipinski definition) is 6. The molecule has 13 heteroatoms. The molecule has 1 aromatic carbocycles. The first kappa shape index (κ1) is 23.7. The van der Waals surface area contributed by atoms with Gasteiger partial charge < -0.3 is 37.5 Å². The van der Waals surface area contributed by atoms with Gasteiger partial charge in [-0.05, 0) is 17.7 Å². The molecule has 2 rings (SSSR count). The number of urea groups is 2. The van der Waals surface area contributed by atoms with Crippen molar-refractivity contribution in [2.24, 2.45) is 5.73 Å². The Morgan fingerprint density at radius 3 is 2.04 bits per heavy atom. The first-order valence-electron chi connectivity index (χ1n) is 5.75. The molecule has 11 nitrogen and oxygen atoms in total. The number of carboxylic acids is 1. The molecule has 9 N–H and O–H groups in total. The van der Waals surface area contributed by atoms with E-state index in [1.807, 2.05) is 26.0 Å². The van der Waals surface area contributed by atoms with Crippen LogP contribution in [0.4, 0.5) is 15.3 Å². The van der Waals surface area contributed by atoms with Crippen LogP contribution in [0, 0.1) is 0 Å². The van der Waals surface area contributed by atoms with Crippen molar-refractivity contribution in [2.75, 3.05) is 5.73 Å². The first-order valence-corrected chi connectivity index (χ1v) is 7.50. The predicted molar refractivity (Wildman–Crippen MR) is 83.6 cm³/mol. The van der Waals surface area contributed by atoms with Crippen LogP contribution in [0.15, 0.2) is 24.3 Å². The van der Waals surface area contributed by atoms with Gasteiger partial charge >= 0.3 is 37.5 Å². The Kier molecular flexibility index (Phi) is 11.8. The number of aromatic carboxylic acids is 1. The summed E-state index contributed by atoms with van der Waals surface area (Å²) in [5.74, 6) is -1.80. The third kappa shape index (κ3) is 8.81. The van der Waals surface area contributed by atoms with Gasteiger partial charge in [-0.2, -0.15) is 0 Å². The maximum atomic E-state index is 10.7. The van der Waals surface area contributed by atoms with Crippen LogP contribution < -0.4 is 32.5 Å². The predicted octanol–water partition coefficient (Wildman–Crippen LogP) is -3.06. The number of hydrogen-bond donors (Lipinski definition) is 5. The van der Waals surface area contributed by atoms with Gasteiger partial charge in [0, 0.05) is 5.69 Å². The number of primary amides is 1. The van der Waals surface area contributed by atoms with E-state index in [1.54, 1.807) is 0 Å². The van der Waals surface area contributed by atoms with E-state index in [0.29, 0.717) is 5.69 Å². The third-order valence-corrected chi connectivity index (χ3v) is 2.21. The minimum atomic E-state index is -1.18. The van der Waals surface area contributed by atoms with E-state index in [1.165, 1.54) is 24.3 Å². The number of amides is 5. The second-order valence-electron chi connectivity index (χ2n) is 3.81. The summed E-state index contributed by atoms with van der Waals surface area (Å²) in [4.78, 5) is 41.4. The summed E-state index contributed by atoms with van der Waals surface area (Å²) in [6.45, 7) is 0. The topological polar surface area (TPSA) is 211 Å². The van der Waals surface area contributed by atoms with Gasteiger partial charge in [-0.25, -0.2) is 9.59 Å². The second kappa shape index (κ2) is 12.0. The summed E-state index contributed by atoms with van der Waals surface area (Å²) < 4.78 is 0. The molecular weight excluding hydrogens is 361 g/mol. The van der Waals surface area contributed by atoms with Crippen LogP contribution in [-0.4, -0.2) is 50.9 Å². The van der Waals surface area contributed by atoms with Crippen molar-refractivity contribution >= 4 is 55.0 Å². The number of nitrogens with one attached hydrogen (secondary N) is 3. The Labute approximate surface area is 148 Å². The maximum absolute atomic E-state index is 10.7. The van der Waals surface area contributed by atoms with Gasteiger partial charge in [0.2, 0.25) is 0 Å². The summed E-state index contributed by atoms with van der Waals surface area (Å²) >= 11 is 1.89. The van der Waals surface area contributed by atoms with Crippen LogP contribution in [0.1, 0.15) is 10.4 Å². The van der Waals surface area contributed by atoms with Crippen molar-refractivity contribution in [2.45, 2.75) is 6.17 Å². The zero-order valence-corrected chi connectivity index (χ0v) is 13.9. The zero-order valence-electron chi connectivity index (χ0n) is 12.0. The number of halogens is 1. The average molecular weight is 375 g/mol. The number of carbonyl (C=O) groups is 4. The van der Waals surface area contributed by atoms with Crippen LogP contribution >= 0.6 is 10.0 Å². The Morgan fingerprint density at radius 1 is 1.21 bits per heavy atom. The molecule has 0 bridgehead atoms. The Morgan fingerprint density at radius 2 is 1.71 bits per heavy atom. The summed E-state index contributed by atoms with van der Waals surface area (Å²) in [6.07, 6.45) is -1.04. The SMILES string of the molecule is NC(=O)NC1NC(=O)NC1=O.Nc1ccc(C(=O)[O-])cc1.O.[Al+][Cl]. The first-order chi connectivity index (χ1) is 10.8. The van der Waals surface area contributed by atoms with E-state index < -0.39 is 30.1 Å². The molecule has 1 aliphatic heterocycles. The fraction of sp³-hybridized carbons (Fsp3) is 0.0909. The number of nitrogens with two attached hydrogens (primary N) is 2. The van der Waals surface area contributed by atoms with Gasteiger partial charge in [-0.15, -0.1) is 0 Å². The van der Waals surface area contributed by atoms with Crippen molar-refractivity contribution < 1.29 is 29.8 Å². The van der Waals surface area contributed by atoms with Crippen LogP contribution in [0.25, 0.3) is 0 Å². The van der Waals surface area contributed by atoms with Gasteiger partial charge in [0.1, 0.15) is 0 Å². The molecule has 1 radical (unpaired) electrons. The molecule has 0 aliphatic carbocycles. The molecule has 129 valence electrons. The van der Waals surface area contributed by atoms with Crippen molar-refractivity contribution in [3.8, 4) is 0 Å². The number of rotatable bonds is 2. The van der Waals surface area contributed by atoms with E-state index in [2.05, 4.69) is 15.4 Å². The third-order valence-electron chi connectivity index (χ3n) is 2.21. The molecule has 1 atom stereocenters.